The molecule has 98 valence electrons. The van der Waals surface area contributed by atoms with Gasteiger partial charge in [-0.25, -0.2) is 12.7 Å². The molecular weight excluding hydrogens is 252 g/mol. The first kappa shape index (κ1) is 13.0. The molecule has 0 unspecified atom stereocenters. The van der Waals surface area contributed by atoms with E-state index >= 15 is 0 Å². The van der Waals surface area contributed by atoms with Crippen LogP contribution >= 0.6 is 0 Å². The van der Waals surface area contributed by atoms with Gasteiger partial charge in [-0.05, 0) is 30.5 Å². The van der Waals surface area contributed by atoms with E-state index < -0.39 is 15.9 Å². The fraction of sp³-hybridized carbons (Fsp3) is 0.417. The number of amides is 1. The highest BCUT2D eigenvalue weighted by Gasteiger charge is 2.25. The first-order valence-corrected chi connectivity index (χ1v) is 7.46. The zero-order chi connectivity index (χ0) is 13.2. The molecule has 1 aromatic rings. The summed E-state index contributed by atoms with van der Waals surface area (Å²) in [7, 11) is -3.23. The fourth-order valence-electron chi connectivity index (χ4n) is 2.03. The number of primary amides is 1. The molecule has 1 saturated heterocycles. The maximum atomic E-state index is 12.1. The molecule has 2 N–H and O–H groups in total. The second-order valence-corrected chi connectivity index (χ2v) is 6.39. The first-order valence-electron chi connectivity index (χ1n) is 5.85. The van der Waals surface area contributed by atoms with Crippen molar-refractivity contribution in [2.45, 2.75) is 18.6 Å². The average Bonchev–Trinajstić information content (AvgIpc) is 2.83. The van der Waals surface area contributed by atoms with Crippen LogP contribution in [0.3, 0.4) is 0 Å². The van der Waals surface area contributed by atoms with E-state index in [-0.39, 0.29) is 5.75 Å². The van der Waals surface area contributed by atoms with Gasteiger partial charge in [0, 0.05) is 18.7 Å². The molecule has 1 aromatic carbocycles. The lowest BCUT2D eigenvalue weighted by Gasteiger charge is -2.15. The Morgan fingerprint density at radius 2 is 1.72 bits per heavy atom. The molecule has 0 radical (unpaired) electrons. The van der Waals surface area contributed by atoms with E-state index in [1.165, 1.54) is 4.31 Å². The third-order valence-electron chi connectivity index (χ3n) is 3.05. The molecule has 1 aliphatic heterocycles. The molecule has 0 aliphatic carbocycles. The Bertz CT molecular complexity index is 531. The molecule has 0 saturated carbocycles. The lowest BCUT2D eigenvalue weighted by Crippen LogP contribution is -2.29. The van der Waals surface area contributed by atoms with Crippen LogP contribution in [0.4, 0.5) is 0 Å². The van der Waals surface area contributed by atoms with Crippen LogP contribution in [0.5, 0.6) is 0 Å². The standard InChI is InChI=1S/C12H16N2O3S/c13-12(15)11-5-3-10(4-6-11)9-18(16,17)14-7-1-2-8-14/h3-6H,1-2,7-9H2,(H2,13,15). The number of carbonyl (C=O) groups excluding carboxylic acids is 1. The van der Waals surface area contributed by atoms with Gasteiger partial charge >= 0.3 is 0 Å². The van der Waals surface area contributed by atoms with Crippen LogP contribution in [0.15, 0.2) is 24.3 Å². The van der Waals surface area contributed by atoms with Crippen LogP contribution in [-0.2, 0) is 15.8 Å². The Balaban J connectivity index is 2.11. The van der Waals surface area contributed by atoms with Gasteiger partial charge in [0.1, 0.15) is 0 Å². The lowest BCUT2D eigenvalue weighted by atomic mass is 10.1. The fourth-order valence-corrected chi connectivity index (χ4v) is 3.64. The minimum Gasteiger partial charge on any atom is -0.366 e. The summed E-state index contributed by atoms with van der Waals surface area (Å²) in [5, 5.41) is 0. The highest BCUT2D eigenvalue weighted by atomic mass is 32.2. The summed E-state index contributed by atoms with van der Waals surface area (Å²) in [6, 6.07) is 6.37. The summed E-state index contributed by atoms with van der Waals surface area (Å²) < 4.78 is 25.6. The van der Waals surface area contributed by atoms with Crippen molar-refractivity contribution in [2.75, 3.05) is 13.1 Å². The van der Waals surface area contributed by atoms with Crippen LogP contribution in [0.2, 0.25) is 0 Å². The topological polar surface area (TPSA) is 80.5 Å². The van der Waals surface area contributed by atoms with E-state index in [4.69, 9.17) is 5.73 Å². The smallest absolute Gasteiger partial charge is 0.248 e. The number of nitrogens with two attached hydrogens (primary N) is 1. The second kappa shape index (κ2) is 5.07. The predicted molar refractivity (Wildman–Crippen MR) is 68.4 cm³/mol. The molecule has 18 heavy (non-hydrogen) atoms. The molecule has 1 aliphatic rings. The zero-order valence-electron chi connectivity index (χ0n) is 10.0. The number of hydrogen-bond acceptors (Lipinski definition) is 3. The SMILES string of the molecule is NC(=O)c1ccc(CS(=O)(=O)N2CCCC2)cc1. The van der Waals surface area contributed by atoms with Gasteiger partial charge in [-0.15, -0.1) is 0 Å². The number of sulfonamides is 1. The zero-order valence-corrected chi connectivity index (χ0v) is 10.8. The minimum absolute atomic E-state index is 0.0218. The van der Waals surface area contributed by atoms with Crippen molar-refractivity contribution in [3.63, 3.8) is 0 Å². The number of carbonyl (C=O) groups is 1. The van der Waals surface area contributed by atoms with Crippen LogP contribution in [0.1, 0.15) is 28.8 Å². The van der Waals surface area contributed by atoms with Crippen molar-refractivity contribution in [3.8, 4) is 0 Å². The summed E-state index contributed by atoms with van der Waals surface area (Å²) >= 11 is 0. The van der Waals surface area contributed by atoms with Crippen LogP contribution in [0, 0.1) is 0 Å². The van der Waals surface area contributed by atoms with Crippen LogP contribution in [0.25, 0.3) is 0 Å². The maximum Gasteiger partial charge on any atom is 0.248 e. The highest BCUT2D eigenvalue weighted by Crippen LogP contribution is 2.17. The third-order valence-corrected chi connectivity index (χ3v) is 4.90. The number of benzene rings is 1. The quantitative estimate of drug-likeness (QED) is 0.873. The largest absolute Gasteiger partial charge is 0.366 e. The molecule has 1 heterocycles. The Hall–Kier alpha value is -1.40. The van der Waals surface area contributed by atoms with Crippen molar-refractivity contribution >= 4 is 15.9 Å². The molecule has 2 rings (SSSR count). The van der Waals surface area contributed by atoms with Crippen molar-refractivity contribution in [2.24, 2.45) is 5.73 Å². The van der Waals surface area contributed by atoms with Gasteiger partial charge in [-0.2, -0.15) is 0 Å². The minimum atomic E-state index is -3.23. The van der Waals surface area contributed by atoms with Gasteiger partial charge in [0.05, 0.1) is 5.75 Å². The highest BCUT2D eigenvalue weighted by molar-refractivity contribution is 7.88. The van der Waals surface area contributed by atoms with E-state index in [1.807, 2.05) is 0 Å². The third kappa shape index (κ3) is 2.88. The van der Waals surface area contributed by atoms with Crippen LogP contribution < -0.4 is 5.73 Å². The summed E-state index contributed by atoms with van der Waals surface area (Å²) in [5.74, 6) is -0.532. The van der Waals surface area contributed by atoms with E-state index in [1.54, 1.807) is 24.3 Å². The van der Waals surface area contributed by atoms with Crippen molar-refractivity contribution in [1.29, 1.82) is 0 Å². The average molecular weight is 268 g/mol. The lowest BCUT2D eigenvalue weighted by molar-refractivity contribution is 0.100. The maximum absolute atomic E-state index is 12.1. The van der Waals surface area contributed by atoms with Crippen molar-refractivity contribution < 1.29 is 13.2 Å². The summed E-state index contributed by atoms with van der Waals surface area (Å²) in [6.45, 7) is 1.23. The van der Waals surface area contributed by atoms with Crippen molar-refractivity contribution in [3.05, 3.63) is 35.4 Å². The molecule has 0 spiro atoms. The molecule has 0 bridgehead atoms. The van der Waals surface area contributed by atoms with Gasteiger partial charge in [0.2, 0.25) is 15.9 Å². The molecule has 6 heteroatoms. The van der Waals surface area contributed by atoms with Gasteiger partial charge < -0.3 is 5.73 Å². The molecule has 5 nitrogen and oxygen atoms in total. The van der Waals surface area contributed by atoms with Gasteiger partial charge in [0.25, 0.3) is 0 Å². The predicted octanol–water partition coefficient (Wildman–Crippen LogP) is 0.711. The summed E-state index contributed by atoms with van der Waals surface area (Å²) in [5.41, 5.74) is 6.18. The number of rotatable bonds is 4. The number of hydrogen-bond donors (Lipinski definition) is 1. The van der Waals surface area contributed by atoms with E-state index in [2.05, 4.69) is 0 Å². The Morgan fingerprint density at radius 3 is 2.22 bits per heavy atom. The molecular formula is C12H16N2O3S. The summed E-state index contributed by atoms with van der Waals surface area (Å²) in [4.78, 5) is 10.9. The normalized spacial score (nSPS) is 16.9. The Kier molecular flexibility index (Phi) is 3.68. The van der Waals surface area contributed by atoms with Gasteiger partial charge in [0.15, 0.2) is 0 Å². The molecule has 1 fully saturated rings. The molecule has 0 atom stereocenters. The number of nitrogens with zero attached hydrogens (tertiary/aromatic N) is 1. The Labute approximate surface area is 107 Å². The molecule has 1 amide bonds. The van der Waals surface area contributed by atoms with Crippen molar-refractivity contribution in [1.82, 2.24) is 4.31 Å². The monoisotopic (exact) mass is 268 g/mol. The summed E-state index contributed by atoms with van der Waals surface area (Å²) in [6.07, 6.45) is 1.86. The first-order chi connectivity index (χ1) is 8.49. The van der Waals surface area contributed by atoms with Gasteiger partial charge in [-0.3, -0.25) is 4.79 Å². The van der Waals surface area contributed by atoms with E-state index in [0.717, 1.165) is 12.8 Å². The molecule has 0 aromatic heterocycles. The Morgan fingerprint density at radius 1 is 1.17 bits per heavy atom. The van der Waals surface area contributed by atoms with Gasteiger partial charge in [-0.1, -0.05) is 12.1 Å². The van der Waals surface area contributed by atoms with E-state index in [9.17, 15) is 13.2 Å². The van der Waals surface area contributed by atoms with Crippen LogP contribution in [-0.4, -0.2) is 31.7 Å². The van der Waals surface area contributed by atoms with E-state index in [0.29, 0.717) is 24.2 Å². The second-order valence-electron chi connectivity index (χ2n) is 4.42.